The fourth-order valence-electron chi connectivity index (χ4n) is 9.00. The summed E-state index contributed by atoms with van der Waals surface area (Å²) in [5.41, 5.74) is 11.3. The van der Waals surface area contributed by atoms with Crippen molar-refractivity contribution in [3.63, 3.8) is 0 Å². The molecule has 101 heavy (non-hydrogen) atoms. The molecule has 0 aliphatic carbocycles. The van der Waals surface area contributed by atoms with Gasteiger partial charge in [-0.05, 0) is 123 Å². The minimum absolute atomic E-state index is 0.0109. The van der Waals surface area contributed by atoms with E-state index in [4.69, 9.17) is 109 Å². The van der Waals surface area contributed by atoms with Crippen molar-refractivity contribution in [1.82, 2.24) is 45.4 Å². The predicted molar refractivity (Wildman–Crippen MR) is 396 cm³/mol. The van der Waals surface area contributed by atoms with E-state index in [0.29, 0.717) is 68.4 Å². The zero-order chi connectivity index (χ0) is 74.9. The van der Waals surface area contributed by atoms with Gasteiger partial charge in [-0.25, -0.2) is 15.0 Å². The summed E-state index contributed by atoms with van der Waals surface area (Å²) in [5, 5.41) is 21.8. The van der Waals surface area contributed by atoms with Gasteiger partial charge in [0.25, 0.3) is 17.7 Å². The van der Waals surface area contributed by atoms with E-state index in [1.54, 1.807) is 129 Å². The van der Waals surface area contributed by atoms with E-state index in [1.165, 1.54) is 69.4 Å². The normalized spacial score (nSPS) is 10.0. The Morgan fingerprint density at radius 1 is 0.515 bits per heavy atom. The average Bonchev–Trinajstić information content (AvgIpc) is 0.829. The van der Waals surface area contributed by atoms with Crippen LogP contribution >= 0.6 is 65.8 Å². The van der Waals surface area contributed by atoms with Gasteiger partial charge >= 0.3 is 34.5 Å². The first-order valence-corrected chi connectivity index (χ1v) is 39.8. The molecule has 3 amide bonds. The Kier molecular flexibility index (Phi) is 36.3. The van der Waals surface area contributed by atoms with Crippen molar-refractivity contribution < 1.29 is 72.5 Å². The molecule has 6 aromatic carbocycles. The summed E-state index contributed by atoms with van der Waals surface area (Å²) < 4.78 is 43.0. The standard InChI is InChI=1S/2C21H21ClN4O4.C12H9Cl2N3O2.C9H13NO2.C6H15N.2ClH.Zn/c1-12-9-13(10-17(29-3)18(12)30-4)24-21-23-11-15(22)19(25-21)26(2)20(28)14-7-5-6-8-16(14)27;1-12-9-13(10-17(28-3)18(12)29-4)25-21-24-11-15(22)20(26-21)30-16-8-6-5-7-14(16)19(27)23-2;1-15-10(18)7-4-2-3-5-9(7)19-11-8(13)6-16-12(14)17-11;1-6-4-7(10)5-8(11-2)9(6)12-3;1-4-7(5-2)6-3;;;/h5-11,27H,1-4H3,(H,23,24,25);5-11H,1-4H3,(H,23,27)(H,24,25,26);2-6H,1H3,(H,15,18);4-5H,10H2,1-3H3;4-6H2,1-3H3;2*1H;/q;;;;;;;+2/p-2. The van der Waals surface area contributed by atoms with Crippen LogP contribution in [0, 0.1) is 20.8 Å². The van der Waals surface area contributed by atoms with Crippen molar-refractivity contribution in [3.8, 4) is 63.5 Å². The van der Waals surface area contributed by atoms with Gasteiger partial charge in [-0.3, -0.25) is 19.3 Å². The Balaban J connectivity index is 0.000000284. The number of methoxy groups -OCH3 is 6. The number of aryl methyl sites for hydroxylation is 3. The number of nitrogens with one attached hydrogen (secondary N) is 4. The number of phenolic OH excluding ortho intramolecular Hbond substituents is 1. The number of aromatic nitrogens is 6. The summed E-state index contributed by atoms with van der Waals surface area (Å²) in [7, 11) is 24.0. The van der Waals surface area contributed by atoms with Crippen LogP contribution in [0.1, 0.15) is 68.5 Å². The summed E-state index contributed by atoms with van der Waals surface area (Å²) in [5.74, 6) is 4.25. The van der Waals surface area contributed by atoms with Crippen LogP contribution in [0.3, 0.4) is 0 Å². The Morgan fingerprint density at radius 3 is 1.32 bits per heavy atom. The molecule has 0 aliphatic heterocycles. The van der Waals surface area contributed by atoms with Crippen LogP contribution in [0.25, 0.3) is 0 Å². The van der Waals surface area contributed by atoms with Crippen molar-refractivity contribution in [3.05, 3.63) is 182 Å². The molecule has 9 rings (SSSR count). The molecule has 536 valence electrons. The number of nitrogens with zero attached hydrogens (tertiary/aromatic N) is 8. The van der Waals surface area contributed by atoms with E-state index in [1.807, 2.05) is 39.0 Å². The SMILES string of the molecule is CCN(CC)CC.CNC(=O)c1ccccc1Oc1nc(Cl)ncc1Cl.CNC(=O)c1ccccc1Oc1nc(Nc2cc(C)c(OC)c(OC)c2)ncc1Cl.COc1cc(N)cc(C)c1OC.COc1cc(Nc2ncc(Cl)c(N(C)C(=O)c3ccccc3O)n2)cc(C)c1OC.[Cl][Zn][Cl]. The predicted octanol–water partition coefficient (Wildman–Crippen LogP) is 15.8. The number of rotatable bonds is 21. The van der Waals surface area contributed by atoms with E-state index in [2.05, 4.69) is 76.8 Å². The molecule has 7 N–H and O–H groups in total. The third kappa shape index (κ3) is 25.2. The van der Waals surface area contributed by atoms with Crippen LogP contribution in [-0.2, 0) is 15.1 Å². The van der Waals surface area contributed by atoms with E-state index in [-0.39, 0.29) is 73.0 Å². The number of hydrogen-bond acceptors (Lipinski definition) is 22. The van der Waals surface area contributed by atoms with Crippen molar-refractivity contribution in [1.29, 1.82) is 0 Å². The summed E-state index contributed by atoms with van der Waals surface area (Å²) in [6.07, 6.45) is 4.14. The van der Waals surface area contributed by atoms with Crippen LogP contribution in [0.2, 0.25) is 20.4 Å². The van der Waals surface area contributed by atoms with Gasteiger partial charge in [0.15, 0.2) is 40.3 Å². The minimum atomic E-state index is -0.931. The van der Waals surface area contributed by atoms with Crippen LogP contribution in [0.5, 0.6) is 63.5 Å². The molecular formula is C69H79Cl6N13O12Zn. The summed E-state index contributed by atoms with van der Waals surface area (Å²) in [4.78, 5) is 64.8. The van der Waals surface area contributed by atoms with Gasteiger partial charge < -0.3 is 74.9 Å². The number of nitrogens with two attached hydrogens (primary N) is 1. The number of nitrogen functional groups attached to an aromatic ring is 1. The van der Waals surface area contributed by atoms with Gasteiger partial charge in [0, 0.05) is 56.4 Å². The van der Waals surface area contributed by atoms with E-state index in [9.17, 15) is 19.5 Å². The molecular weight excluding hydrogens is 1480 g/mol. The van der Waals surface area contributed by atoms with Crippen molar-refractivity contribution in [2.75, 3.05) is 105 Å². The average molecular weight is 1560 g/mol. The van der Waals surface area contributed by atoms with E-state index < -0.39 is 21.1 Å². The number of anilines is 6. The first-order chi connectivity index (χ1) is 48.4. The van der Waals surface area contributed by atoms with Gasteiger partial charge in [-0.2, -0.15) is 15.0 Å². The number of halogens is 6. The molecule has 0 unspecified atom stereocenters. The molecule has 0 saturated heterocycles. The van der Waals surface area contributed by atoms with Gasteiger partial charge in [0.2, 0.25) is 28.9 Å². The van der Waals surface area contributed by atoms with Crippen molar-refractivity contribution in [2.24, 2.45) is 0 Å². The van der Waals surface area contributed by atoms with Crippen molar-refractivity contribution >= 4 is 118 Å². The van der Waals surface area contributed by atoms with Gasteiger partial charge in [0.05, 0.1) is 77.9 Å². The molecule has 9 aromatic rings. The van der Waals surface area contributed by atoms with Crippen molar-refractivity contribution in [2.45, 2.75) is 41.5 Å². The molecule has 0 fully saturated rings. The van der Waals surface area contributed by atoms with Crippen LogP contribution in [0.4, 0.5) is 34.8 Å². The number of amides is 3. The molecule has 0 atom stereocenters. The maximum absolute atomic E-state index is 12.8. The Labute approximate surface area is 623 Å². The Morgan fingerprint density at radius 2 is 0.901 bits per heavy atom. The second kappa shape index (κ2) is 43.5. The number of hydrogen-bond donors (Lipinski definition) is 6. The fraction of sp³-hybridized carbons (Fsp3) is 0.261. The summed E-state index contributed by atoms with van der Waals surface area (Å²) >= 11 is 23.1. The number of aromatic hydroxyl groups is 1. The quantitative estimate of drug-likeness (QED) is 0.0221. The summed E-state index contributed by atoms with van der Waals surface area (Å²) in [6.45, 7) is 15.8. The van der Waals surface area contributed by atoms with Crippen LogP contribution < -0.4 is 69.8 Å². The molecule has 25 nitrogen and oxygen atoms in total. The monoisotopic (exact) mass is 1560 g/mol. The first-order valence-electron chi connectivity index (χ1n) is 30.5. The number of phenols is 1. The molecule has 0 bridgehead atoms. The second-order valence-electron chi connectivity index (χ2n) is 20.3. The van der Waals surface area contributed by atoms with Gasteiger partial charge in [0.1, 0.15) is 32.3 Å². The molecule has 3 heterocycles. The van der Waals surface area contributed by atoms with E-state index >= 15 is 0 Å². The number of para-hydroxylation sites is 3. The maximum atomic E-state index is 12.8. The molecule has 0 saturated carbocycles. The number of carbonyl (C=O) groups excluding carboxylic acids is 3. The topological polar surface area (TPSA) is 303 Å². The molecule has 0 aliphatic rings. The molecule has 0 spiro atoms. The summed E-state index contributed by atoms with van der Waals surface area (Å²) in [6, 6.07) is 30.6. The van der Waals surface area contributed by atoms with Crippen LogP contribution in [0.15, 0.2) is 128 Å². The third-order valence-electron chi connectivity index (χ3n) is 13.9. The molecule has 3 aromatic heterocycles. The number of ether oxygens (including phenoxy) is 8. The zero-order valence-corrected chi connectivity index (χ0v) is 65.8. The van der Waals surface area contributed by atoms with Gasteiger partial charge in [-0.1, -0.05) is 92.0 Å². The fourth-order valence-corrected chi connectivity index (χ4v) is 9.60. The third-order valence-corrected chi connectivity index (χ3v) is 14.8. The van der Waals surface area contributed by atoms with E-state index in [0.717, 1.165) is 22.4 Å². The zero-order valence-electron chi connectivity index (χ0n) is 58.3. The Bertz CT molecular complexity index is 4190. The Hall–Kier alpha value is -9.11. The molecule has 32 heteroatoms. The molecule has 0 radical (unpaired) electrons. The number of benzene rings is 6. The van der Waals surface area contributed by atoms with Crippen LogP contribution in [-0.4, -0.2) is 141 Å². The number of carbonyl (C=O) groups is 3. The first kappa shape index (κ1) is 84.3. The van der Waals surface area contributed by atoms with Gasteiger partial charge in [-0.15, -0.1) is 0 Å². The second-order valence-corrected chi connectivity index (χ2v) is 26.5.